The van der Waals surface area contributed by atoms with Crippen molar-refractivity contribution in [3.05, 3.63) is 76.9 Å². The SMILES string of the molecule is N#CCCn1cc(/C=C/C(=O)N2CCC(n3c(=O)[nH]c4ccccc43)CC2)c2ccccc21. The van der Waals surface area contributed by atoms with Gasteiger partial charge in [0, 0.05) is 54.4 Å². The first kappa shape index (κ1) is 20.8. The van der Waals surface area contributed by atoms with E-state index in [1.165, 1.54) is 0 Å². The Balaban J connectivity index is 1.29. The molecule has 4 aromatic rings. The molecule has 1 saturated heterocycles. The van der Waals surface area contributed by atoms with Crippen molar-refractivity contribution < 1.29 is 4.79 Å². The number of fused-ring (bicyclic) bond motifs is 2. The number of hydrogen-bond acceptors (Lipinski definition) is 3. The first-order chi connectivity index (χ1) is 16.2. The highest BCUT2D eigenvalue weighted by molar-refractivity contribution is 5.96. The number of likely N-dealkylation sites (tertiary alicyclic amines) is 1. The predicted molar refractivity (Wildman–Crippen MR) is 129 cm³/mol. The van der Waals surface area contributed by atoms with Crippen LogP contribution < -0.4 is 5.69 Å². The Morgan fingerprint density at radius 2 is 1.82 bits per heavy atom. The smallest absolute Gasteiger partial charge is 0.326 e. The second-order valence-electron chi connectivity index (χ2n) is 8.41. The van der Waals surface area contributed by atoms with Crippen LogP contribution in [0.4, 0.5) is 0 Å². The molecule has 0 spiro atoms. The maximum absolute atomic E-state index is 12.9. The lowest BCUT2D eigenvalue weighted by atomic mass is 10.0. The van der Waals surface area contributed by atoms with Gasteiger partial charge in [-0.15, -0.1) is 0 Å². The first-order valence-corrected chi connectivity index (χ1v) is 11.3. The van der Waals surface area contributed by atoms with Gasteiger partial charge in [-0.3, -0.25) is 9.36 Å². The van der Waals surface area contributed by atoms with Crippen LogP contribution >= 0.6 is 0 Å². The van der Waals surface area contributed by atoms with E-state index < -0.39 is 0 Å². The number of para-hydroxylation sites is 3. The molecule has 7 heteroatoms. The normalized spacial score (nSPS) is 14.9. The van der Waals surface area contributed by atoms with Crippen molar-refractivity contribution in [1.29, 1.82) is 5.26 Å². The number of carbonyl (C=O) groups excluding carboxylic acids is 1. The quantitative estimate of drug-likeness (QED) is 0.476. The monoisotopic (exact) mass is 439 g/mol. The summed E-state index contributed by atoms with van der Waals surface area (Å²) in [5, 5.41) is 9.99. The molecule has 1 aliphatic rings. The fourth-order valence-corrected chi connectivity index (χ4v) is 4.81. The Morgan fingerprint density at radius 1 is 1.09 bits per heavy atom. The van der Waals surface area contributed by atoms with Gasteiger partial charge in [0.05, 0.1) is 23.5 Å². The number of aromatic nitrogens is 3. The van der Waals surface area contributed by atoms with Crippen LogP contribution in [-0.2, 0) is 11.3 Å². The zero-order valence-electron chi connectivity index (χ0n) is 18.3. The average molecular weight is 440 g/mol. The van der Waals surface area contributed by atoms with E-state index in [4.69, 9.17) is 5.26 Å². The molecule has 7 nitrogen and oxygen atoms in total. The van der Waals surface area contributed by atoms with Crippen LogP contribution in [0.15, 0.2) is 65.6 Å². The molecule has 1 amide bonds. The van der Waals surface area contributed by atoms with Crippen molar-refractivity contribution in [3.8, 4) is 6.07 Å². The van der Waals surface area contributed by atoms with E-state index in [1.54, 1.807) is 6.08 Å². The predicted octanol–water partition coefficient (Wildman–Crippen LogP) is 4.07. The topological polar surface area (TPSA) is 86.8 Å². The Morgan fingerprint density at radius 3 is 2.61 bits per heavy atom. The zero-order chi connectivity index (χ0) is 22.8. The van der Waals surface area contributed by atoms with Crippen LogP contribution in [0.3, 0.4) is 0 Å². The molecule has 0 atom stereocenters. The van der Waals surface area contributed by atoms with E-state index >= 15 is 0 Å². The third-order valence-corrected chi connectivity index (χ3v) is 6.45. The molecule has 1 N–H and O–H groups in total. The highest BCUT2D eigenvalue weighted by Crippen LogP contribution is 2.26. The first-order valence-electron chi connectivity index (χ1n) is 11.3. The minimum atomic E-state index is -0.0892. The van der Waals surface area contributed by atoms with Gasteiger partial charge in [0.1, 0.15) is 0 Å². The number of nitrogens with zero attached hydrogens (tertiary/aromatic N) is 4. The van der Waals surface area contributed by atoms with E-state index in [9.17, 15) is 9.59 Å². The third-order valence-electron chi connectivity index (χ3n) is 6.45. The Hall–Kier alpha value is -4.05. The summed E-state index contributed by atoms with van der Waals surface area (Å²) in [7, 11) is 0. The van der Waals surface area contributed by atoms with Crippen LogP contribution in [0.5, 0.6) is 0 Å². The van der Waals surface area contributed by atoms with Gasteiger partial charge in [0.25, 0.3) is 0 Å². The fourth-order valence-electron chi connectivity index (χ4n) is 4.81. The number of imidazole rings is 1. The minimum absolute atomic E-state index is 0.0198. The summed E-state index contributed by atoms with van der Waals surface area (Å²) in [5.41, 5.74) is 3.70. The third kappa shape index (κ3) is 3.96. The van der Waals surface area contributed by atoms with E-state index in [-0.39, 0.29) is 17.6 Å². The molecule has 0 saturated carbocycles. The molecule has 1 fully saturated rings. The van der Waals surface area contributed by atoms with Crippen LogP contribution in [0.1, 0.15) is 30.9 Å². The second-order valence-corrected chi connectivity index (χ2v) is 8.41. The molecule has 0 radical (unpaired) electrons. The lowest BCUT2D eigenvalue weighted by Crippen LogP contribution is -2.39. The van der Waals surface area contributed by atoms with Crippen molar-refractivity contribution in [2.24, 2.45) is 0 Å². The number of nitriles is 1. The number of amides is 1. The van der Waals surface area contributed by atoms with Crippen LogP contribution in [0, 0.1) is 11.3 Å². The molecule has 2 aromatic heterocycles. The molecule has 3 heterocycles. The van der Waals surface area contributed by atoms with Crippen LogP contribution in [0.25, 0.3) is 28.0 Å². The van der Waals surface area contributed by atoms with Crippen molar-refractivity contribution in [3.63, 3.8) is 0 Å². The average Bonchev–Trinajstić information content (AvgIpc) is 3.38. The number of H-pyrrole nitrogens is 1. The molecular weight excluding hydrogens is 414 g/mol. The van der Waals surface area contributed by atoms with Gasteiger partial charge < -0.3 is 14.5 Å². The Labute approximate surface area is 191 Å². The van der Waals surface area contributed by atoms with E-state index in [2.05, 4.69) is 15.6 Å². The fraction of sp³-hybridized carbons (Fsp3) is 0.269. The zero-order valence-corrected chi connectivity index (χ0v) is 18.3. The summed E-state index contributed by atoms with van der Waals surface area (Å²) in [5.74, 6) is -0.0198. The summed E-state index contributed by atoms with van der Waals surface area (Å²) in [4.78, 5) is 30.1. The molecular formula is C26H25N5O2. The molecule has 2 aromatic carbocycles. The van der Waals surface area contributed by atoms with Gasteiger partial charge in [0.2, 0.25) is 5.91 Å². The summed E-state index contributed by atoms with van der Waals surface area (Å²) in [6.45, 7) is 1.85. The summed E-state index contributed by atoms with van der Waals surface area (Å²) < 4.78 is 3.90. The van der Waals surface area contributed by atoms with Crippen LogP contribution in [0.2, 0.25) is 0 Å². The lowest BCUT2D eigenvalue weighted by Gasteiger charge is -2.32. The van der Waals surface area contributed by atoms with Gasteiger partial charge in [-0.2, -0.15) is 5.26 Å². The van der Waals surface area contributed by atoms with Crippen molar-refractivity contribution in [1.82, 2.24) is 19.0 Å². The maximum atomic E-state index is 12.9. The van der Waals surface area contributed by atoms with E-state index in [0.717, 1.165) is 40.3 Å². The van der Waals surface area contributed by atoms with E-state index in [1.807, 2.05) is 70.3 Å². The van der Waals surface area contributed by atoms with E-state index in [0.29, 0.717) is 26.1 Å². The van der Waals surface area contributed by atoms with Gasteiger partial charge in [-0.05, 0) is 37.1 Å². The molecule has 0 unspecified atom stereocenters. The molecule has 0 bridgehead atoms. The number of aromatic amines is 1. The lowest BCUT2D eigenvalue weighted by molar-refractivity contribution is -0.127. The number of piperidine rings is 1. The summed E-state index contributed by atoms with van der Waals surface area (Å²) in [6, 6.07) is 18.0. The van der Waals surface area contributed by atoms with Crippen molar-refractivity contribution in [2.45, 2.75) is 31.8 Å². The van der Waals surface area contributed by atoms with Crippen molar-refractivity contribution >= 4 is 33.9 Å². The largest absolute Gasteiger partial charge is 0.346 e. The molecule has 0 aliphatic carbocycles. The summed E-state index contributed by atoms with van der Waals surface area (Å²) in [6.07, 6.45) is 7.43. The molecule has 166 valence electrons. The number of nitrogens with one attached hydrogen (secondary N) is 1. The highest BCUT2D eigenvalue weighted by Gasteiger charge is 2.25. The second kappa shape index (κ2) is 8.83. The number of aryl methyl sites for hydroxylation is 1. The molecule has 1 aliphatic heterocycles. The number of carbonyl (C=O) groups is 1. The highest BCUT2D eigenvalue weighted by atomic mass is 16.2. The number of hydrogen-bond donors (Lipinski definition) is 1. The molecule has 5 rings (SSSR count). The standard InChI is InChI=1S/C26H25N5O2/c27-14-5-15-30-18-19(21-6-1-3-8-23(21)30)10-11-25(32)29-16-12-20(13-17-29)31-24-9-4-2-7-22(24)28-26(31)33/h1-4,6-11,18,20H,5,12-13,15-17H2,(H,28,33)/b11-10+. The van der Waals surface area contributed by atoms with Gasteiger partial charge in [-0.1, -0.05) is 30.3 Å². The Kier molecular flexibility index (Phi) is 5.57. The van der Waals surface area contributed by atoms with Crippen molar-refractivity contribution in [2.75, 3.05) is 13.1 Å². The Bertz CT molecular complexity index is 1440. The molecule has 33 heavy (non-hydrogen) atoms. The number of benzene rings is 2. The maximum Gasteiger partial charge on any atom is 0.326 e. The van der Waals surface area contributed by atoms with Gasteiger partial charge in [-0.25, -0.2) is 4.79 Å². The minimum Gasteiger partial charge on any atom is -0.346 e. The summed E-state index contributed by atoms with van der Waals surface area (Å²) >= 11 is 0. The number of rotatable bonds is 5. The van der Waals surface area contributed by atoms with Crippen LogP contribution in [-0.4, -0.2) is 38.0 Å². The van der Waals surface area contributed by atoms with Gasteiger partial charge in [0.15, 0.2) is 0 Å². The van der Waals surface area contributed by atoms with Gasteiger partial charge >= 0.3 is 5.69 Å².